The van der Waals surface area contributed by atoms with Gasteiger partial charge in [0.15, 0.2) is 0 Å². The monoisotopic (exact) mass is 404 g/mol. The van der Waals surface area contributed by atoms with E-state index in [-0.39, 0.29) is 11.8 Å². The molecule has 0 radical (unpaired) electrons. The summed E-state index contributed by atoms with van der Waals surface area (Å²) in [4.78, 5) is 14.8. The van der Waals surface area contributed by atoms with Crippen molar-refractivity contribution in [3.63, 3.8) is 0 Å². The Hall–Kier alpha value is -2.12. The number of amides is 1. The molecule has 0 N–H and O–H groups in total. The molecule has 7 heteroatoms. The number of hydrogen-bond donors (Lipinski definition) is 0. The molecule has 0 saturated carbocycles. The normalized spacial score (nSPS) is 16.3. The van der Waals surface area contributed by atoms with Gasteiger partial charge in [0.05, 0.1) is 17.7 Å². The Bertz CT molecular complexity index is 920. The molecule has 6 nitrogen and oxygen atoms in total. The lowest BCUT2D eigenvalue weighted by molar-refractivity contribution is -0.136. The van der Waals surface area contributed by atoms with Gasteiger partial charge in [0, 0.05) is 26.1 Å². The average molecular weight is 405 g/mol. The lowest BCUT2D eigenvalue weighted by Gasteiger charge is -2.33. The van der Waals surface area contributed by atoms with Crippen molar-refractivity contribution in [3.05, 3.63) is 53.0 Å². The highest BCUT2D eigenvalue weighted by Crippen LogP contribution is 2.29. The van der Waals surface area contributed by atoms with Gasteiger partial charge in [0.25, 0.3) is 0 Å². The van der Waals surface area contributed by atoms with Crippen molar-refractivity contribution >= 4 is 15.9 Å². The summed E-state index contributed by atoms with van der Waals surface area (Å²) in [6, 6.07) is 7.44. The van der Waals surface area contributed by atoms with Crippen LogP contribution < -0.4 is 0 Å². The fraction of sp³-hybridized carbons (Fsp3) is 0.476. The quantitative estimate of drug-likeness (QED) is 0.767. The highest BCUT2D eigenvalue weighted by Gasteiger charge is 2.34. The maximum Gasteiger partial charge on any atom is 0.243 e. The second-order valence-electron chi connectivity index (χ2n) is 7.68. The van der Waals surface area contributed by atoms with Gasteiger partial charge in [-0.1, -0.05) is 17.7 Å². The number of sulfonamides is 1. The van der Waals surface area contributed by atoms with E-state index in [0.717, 1.165) is 22.5 Å². The minimum Gasteiger partial charge on any atom is -0.467 e. The SMILES string of the molecule is Cc1cc(C)c(S(=O)(=O)N2CCC(C(=O)N(C)Cc3ccco3)CC2)c(C)c1. The van der Waals surface area contributed by atoms with Crippen LogP contribution in [0.25, 0.3) is 0 Å². The molecule has 1 amide bonds. The zero-order chi connectivity index (χ0) is 20.5. The van der Waals surface area contributed by atoms with Gasteiger partial charge in [-0.25, -0.2) is 8.42 Å². The Kier molecular flexibility index (Phi) is 5.95. The van der Waals surface area contributed by atoms with Crippen LogP contribution in [0.4, 0.5) is 0 Å². The van der Waals surface area contributed by atoms with E-state index < -0.39 is 10.0 Å². The molecule has 3 rings (SSSR count). The number of aryl methyl sites for hydroxylation is 3. The van der Waals surface area contributed by atoms with Gasteiger partial charge in [-0.3, -0.25) is 4.79 Å². The largest absolute Gasteiger partial charge is 0.467 e. The van der Waals surface area contributed by atoms with Crippen molar-refractivity contribution < 1.29 is 17.6 Å². The Morgan fingerprint density at radius 2 is 1.79 bits per heavy atom. The molecule has 152 valence electrons. The van der Waals surface area contributed by atoms with Crippen LogP contribution in [0.1, 0.15) is 35.3 Å². The van der Waals surface area contributed by atoms with Crippen molar-refractivity contribution in [1.82, 2.24) is 9.21 Å². The Labute approximate surface area is 167 Å². The minimum absolute atomic E-state index is 0.0381. The molecule has 0 atom stereocenters. The summed E-state index contributed by atoms with van der Waals surface area (Å²) in [7, 11) is -1.80. The molecule has 0 aliphatic carbocycles. The molecule has 2 heterocycles. The summed E-state index contributed by atoms with van der Waals surface area (Å²) in [5, 5.41) is 0. The number of carbonyl (C=O) groups is 1. The molecule has 0 unspecified atom stereocenters. The molecule has 2 aromatic rings. The highest BCUT2D eigenvalue weighted by atomic mass is 32.2. The molecule has 0 bridgehead atoms. The van der Waals surface area contributed by atoms with Crippen LogP contribution >= 0.6 is 0 Å². The number of hydrogen-bond acceptors (Lipinski definition) is 4. The Morgan fingerprint density at radius 3 is 2.32 bits per heavy atom. The van der Waals surface area contributed by atoms with Crippen molar-refractivity contribution in [1.29, 1.82) is 0 Å². The van der Waals surface area contributed by atoms with Crippen molar-refractivity contribution in [2.75, 3.05) is 20.1 Å². The highest BCUT2D eigenvalue weighted by molar-refractivity contribution is 7.89. The lowest BCUT2D eigenvalue weighted by Crippen LogP contribution is -2.43. The van der Waals surface area contributed by atoms with Gasteiger partial charge >= 0.3 is 0 Å². The van der Waals surface area contributed by atoms with E-state index >= 15 is 0 Å². The summed E-state index contributed by atoms with van der Waals surface area (Å²) in [5.74, 6) is 0.615. The maximum atomic E-state index is 13.2. The summed E-state index contributed by atoms with van der Waals surface area (Å²) in [6.45, 7) is 6.79. The van der Waals surface area contributed by atoms with E-state index in [9.17, 15) is 13.2 Å². The number of benzene rings is 1. The van der Waals surface area contributed by atoms with Crippen LogP contribution in [-0.2, 0) is 21.4 Å². The van der Waals surface area contributed by atoms with Gasteiger partial charge in [-0.15, -0.1) is 0 Å². The van der Waals surface area contributed by atoms with Gasteiger partial charge in [0.1, 0.15) is 5.76 Å². The van der Waals surface area contributed by atoms with E-state index in [1.165, 1.54) is 4.31 Å². The summed E-state index contributed by atoms with van der Waals surface area (Å²) >= 11 is 0. The topological polar surface area (TPSA) is 70.8 Å². The van der Waals surface area contributed by atoms with E-state index in [4.69, 9.17) is 4.42 Å². The minimum atomic E-state index is -3.56. The Balaban J connectivity index is 1.67. The molecule has 1 aliphatic heterocycles. The summed E-state index contributed by atoms with van der Waals surface area (Å²) in [6.07, 6.45) is 2.65. The standard InChI is InChI=1S/C21H28N2O4S/c1-15-12-16(2)20(17(3)13-15)28(25,26)23-9-7-18(8-10-23)21(24)22(4)14-19-6-5-11-27-19/h5-6,11-13,18H,7-10,14H2,1-4H3. The van der Waals surface area contributed by atoms with E-state index in [2.05, 4.69) is 0 Å². The van der Waals surface area contributed by atoms with E-state index in [1.54, 1.807) is 24.3 Å². The third kappa shape index (κ3) is 4.15. The number of furan rings is 1. The molecule has 0 spiro atoms. The average Bonchev–Trinajstić information content (AvgIpc) is 3.13. The molecule has 28 heavy (non-hydrogen) atoms. The second kappa shape index (κ2) is 8.09. The third-order valence-corrected chi connectivity index (χ3v) is 7.56. The molecule has 1 aromatic heterocycles. The van der Waals surface area contributed by atoms with Crippen molar-refractivity contribution in [3.8, 4) is 0 Å². The lowest BCUT2D eigenvalue weighted by atomic mass is 9.96. The smallest absolute Gasteiger partial charge is 0.243 e. The van der Waals surface area contributed by atoms with Crippen molar-refractivity contribution in [2.45, 2.75) is 45.1 Å². The van der Waals surface area contributed by atoms with Gasteiger partial charge in [-0.2, -0.15) is 4.31 Å². The summed E-state index contributed by atoms with van der Waals surface area (Å²) in [5.41, 5.74) is 2.60. The summed E-state index contributed by atoms with van der Waals surface area (Å²) < 4.78 is 33.2. The molecular formula is C21H28N2O4S. The van der Waals surface area contributed by atoms with Crippen LogP contribution in [0.2, 0.25) is 0 Å². The first-order chi connectivity index (χ1) is 13.2. The fourth-order valence-electron chi connectivity index (χ4n) is 4.07. The third-order valence-electron chi connectivity index (χ3n) is 5.36. The van der Waals surface area contributed by atoms with Crippen LogP contribution in [0, 0.1) is 26.7 Å². The maximum absolute atomic E-state index is 13.2. The Morgan fingerprint density at radius 1 is 1.18 bits per heavy atom. The zero-order valence-electron chi connectivity index (χ0n) is 16.9. The predicted molar refractivity (Wildman–Crippen MR) is 107 cm³/mol. The van der Waals surface area contributed by atoms with Crippen LogP contribution in [0.5, 0.6) is 0 Å². The molecule has 1 fully saturated rings. The van der Waals surface area contributed by atoms with Crippen LogP contribution in [-0.4, -0.2) is 43.7 Å². The number of piperidine rings is 1. The first kappa shape index (κ1) is 20.6. The van der Waals surface area contributed by atoms with Crippen molar-refractivity contribution in [2.24, 2.45) is 5.92 Å². The predicted octanol–water partition coefficient (Wildman–Crippen LogP) is 3.26. The van der Waals surface area contributed by atoms with E-state index in [1.807, 2.05) is 39.0 Å². The van der Waals surface area contributed by atoms with Crippen LogP contribution in [0.15, 0.2) is 39.8 Å². The molecule has 1 aliphatic rings. The fourth-order valence-corrected chi connectivity index (χ4v) is 5.95. The molecule has 1 saturated heterocycles. The molecule has 1 aromatic carbocycles. The first-order valence-electron chi connectivity index (χ1n) is 9.55. The van der Waals surface area contributed by atoms with Gasteiger partial charge in [0.2, 0.25) is 15.9 Å². The van der Waals surface area contributed by atoms with Crippen LogP contribution in [0.3, 0.4) is 0 Å². The van der Waals surface area contributed by atoms with Gasteiger partial charge in [-0.05, 0) is 56.9 Å². The first-order valence-corrected chi connectivity index (χ1v) is 11.0. The number of rotatable bonds is 5. The number of carbonyl (C=O) groups excluding carboxylic acids is 1. The molecular weight excluding hydrogens is 376 g/mol. The second-order valence-corrected chi connectivity index (χ2v) is 9.55. The zero-order valence-corrected chi connectivity index (χ0v) is 17.8. The van der Waals surface area contributed by atoms with E-state index in [0.29, 0.717) is 37.4 Å². The number of nitrogens with zero attached hydrogens (tertiary/aromatic N) is 2. The van der Waals surface area contributed by atoms with Gasteiger partial charge < -0.3 is 9.32 Å².